The molecule has 0 radical (unpaired) electrons. The summed E-state index contributed by atoms with van der Waals surface area (Å²) in [7, 11) is 0. The minimum absolute atomic E-state index is 0.116. The van der Waals surface area contributed by atoms with Crippen LogP contribution in [-0.4, -0.2) is 53.8 Å². The van der Waals surface area contributed by atoms with E-state index in [1.807, 2.05) is 25.7 Å². The van der Waals surface area contributed by atoms with Crippen LogP contribution in [0.25, 0.3) is 0 Å². The lowest BCUT2D eigenvalue weighted by molar-refractivity contribution is 0.0642. The summed E-state index contributed by atoms with van der Waals surface area (Å²) in [4.78, 5) is 16.9. The van der Waals surface area contributed by atoms with Gasteiger partial charge in [0.1, 0.15) is 11.5 Å². The second-order valence-electron chi connectivity index (χ2n) is 5.04. The zero-order chi connectivity index (χ0) is 14.0. The number of rotatable bonds is 3. The molecule has 1 fully saturated rings. The predicted octanol–water partition coefficient (Wildman–Crippen LogP) is 2.36. The number of hydrogen-bond donors (Lipinski definition) is 0. The molecule has 0 aliphatic carbocycles. The Labute approximate surface area is 122 Å². The maximum atomic E-state index is 12.6. The topological polar surface area (TPSA) is 36.7 Å². The van der Waals surface area contributed by atoms with Crippen molar-refractivity contribution in [1.82, 2.24) is 9.80 Å². The third-order valence-corrected chi connectivity index (χ3v) is 4.19. The highest BCUT2D eigenvalue weighted by molar-refractivity contribution is 9.09. The van der Waals surface area contributed by atoms with Crippen molar-refractivity contribution in [3.05, 3.63) is 22.6 Å². The molecule has 1 amide bonds. The molecule has 0 bridgehead atoms. The smallest absolute Gasteiger partial charge is 0.257 e. The number of aryl methyl sites for hydroxylation is 2. The quantitative estimate of drug-likeness (QED) is 0.799. The molecular weight excluding hydrogens is 308 g/mol. The van der Waals surface area contributed by atoms with Crippen LogP contribution in [0.5, 0.6) is 0 Å². The van der Waals surface area contributed by atoms with E-state index in [0.717, 1.165) is 60.7 Å². The zero-order valence-electron chi connectivity index (χ0n) is 11.8. The van der Waals surface area contributed by atoms with Crippen LogP contribution in [0.1, 0.15) is 27.4 Å². The molecule has 2 heterocycles. The first kappa shape index (κ1) is 14.6. The first-order valence-corrected chi connectivity index (χ1v) is 7.81. The van der Waals surface area contributed by atoms with E-state index in [4.69, 9.17) is 4.42 Å². The number of amides is 1. The van der Waals surface area contributed by atoms with E-state index in [2.05, 4.69) is 20.8 Å². The third-order valence-electron chi connectivity index (χ3n) is 3.84. The normalized spacial score (nSPS) is 16.9. The summed E-state index contributed by atoms with van der Waals surface area (Å²) >= 11 is 3.45. The van der Waals surface area contributed by atoms with E-state index in [-0.39, 0.29) is 5.91 Å². The standard InChI is InChI=1S/C14H21BrN2O2/c1-10-11(2)19-12(3)13(10)14(18)17-8-6-16(5-4-15)7-9-17/h4-9H2,1-3H3. The molecule has 1 aliphatic heterocycles. The van der Waals surface area contributed by atoms with Crippen molar-refractivity contribution in [2.24, 2.45) is 0 Å². The summed E-state index contributed by atoms with van der Waals surface area (Å²) in [6.45, 7) is 10.3. The highest BCUT2D eigenvalue weighted by atomic mass is 79.9. The van der Waals surface area contributed by atoms with E-state index < -0.39 is 0 Å². The van der Waals surface area contributed by atoms with Gasteiger partial charge in [0.25, 0.3) is 5.91 Å². The Hall–Kier alpha value is -0.810. The lowest BCUT2D eigenvalue weighted by atomic mass is 10.1. The maximum Gasteiger partial charge on any atom is 0.257 e. The van der Waals surface area contributed by atoms with Crippen LogP contribution >= 0.6 is 15.9 Å². The Morgan fingerprint density at radius 1 is 1.16 bits per heavy atom. The molecule has 1 aromatic rings. The summed E-state index contributed by atoms with van der Waals surface area (Å²) in [5.74, 6) is 1.70. The average molecular weight is 329 g/mol. The van der Waals surface area contributed by atoms with Crippen molar-refractivity contribution in [3.63, 3.8) is 0 Å². The second kappa shape index (κ2) is 6.09. The van der Waals surface area contributed by atoms with Gasteiger partial charge in [-0.2, -0.15) is 0 Å². The molecule has 0 N–H and O–H groups in total. The second-order valence-corrected chi connectivity index (χ2v) is 5.83. The van der Waals surface area contributed by atoms with Gasteiger partial charge in [0, 0.05) is 43.6 Å². The van der Waals surface area contributed by atoms with Gasteiger partial charge in [-0.15, -0.1) is 0 Å². The first-order chi connectivity index (χ1) is 9.04. The van der Waals surface area contributed by atoms with Gasteiger partial charge in [-0.05, 0) is 20.8 Å². The molecule has 2 rings (SSSR count). The highest BCUT2D eigenvalue weighted by Crippen LogP contribution is 2.22. The van der Waals surface area contributed by atoms with Crippen molar-refractivity contribution in [3.8, 4) is 0 Å². The van der Waals surface area contributed by atoms with Gasteiger partial charge in [-0.3, -0.25) is 9.69 Å². The summed E-state index contributed by atoms with van der Waals surface area (Å²) in [5.41, 5.74) is 1.73. The van der Waals surface area contributed by atoms with E-state index >= 15 is 0 Å². The van der Waals surface area contributed by atoms with Gasteiger partial charge in [0.05, 0.1) is 5.56 Å². The Balaban J connectivity index is 2.05. The van der Waals surface area contributed by atoms with Gasteiger partial charge in [-0.1, -0.05) is 15.9 Å². The van der Waals surface area contributed by atoms with Crippen LogP contribution in [0.4, 0.5) is 0 Å². The lowest BCUT2D eigenvalue weighted by Crippen LogP contribution is -2.49. The lowest BCUT2D eigenvalue weighted by Gasteiger charge is -2.34. The molecule has 1 saturated heterocycles. The summed E-state index contributed by atoms with van der Waals surface area (Å²) in [6.07, 6.45) is 0. The molecule has 0 spiro atoms. The number of carbonyl (C=O) groups excluding carboxylic acids is 1. The molecule has 1 aliphatic rings. The largest absolute Gasteiger partial charge is 0.466 e. The van der Waals surface area contributed by atoms with Crippen LogP contribution < -0.4 is 0 Å². The van der Waals surface area contributed by atoms with Crippen molar-refractivity contribution >= 4 is 21.8 Å². The van der Waals surface area contributed by atoms with Crippen LogP contribution in [-0.2, 0) is 0 Å². The Kier molecular flexibility index (Phi) is 4.68. The van der Waals surface area contributed by atoms with Gasteiger partial charge in [0.15, 0.2) is 0 Å². The molecule has 0 unspecified atom stereocenters. The maximum absolute atomic E-state index is 12.6. The number of alkyl halides is 1. The summed E-state index contributed by atoms with van der Waals surface area (Å²) < 4.78 is 5.55. The number of hydrogen-bond acceptors (Lipinski definition) is 3. The average Bonchev–Trinajstić information content (AvgIpc) is 2.64. The Morgan fingerprint density at radius 3 is 2.26 bits per heavy atom. The fourth-order valence-electron chi connectivity index (χ4n) is 2.56. The predicted molar refractivity (Wildman–Crippen MR) is 79.1 cm³/mol. The fraction of sp³-hybridized carbons (Fsp3) is 0.643. The van der Waals surface area contributed by atoms with E-state index in [1.165, 1.54) is 0 Å². The van der Waals surface area contributed by atoms with Gasteiger partial charge >= 0.3 is 0 Å². The number of nitrogens with zero attached hydrogens (tertiary/aromatic N) is 2. The number of furan rings is 1. The molecular formula is C14H21BrN2O2. The van der Waals surface area contributed by atoms with Gasteiger partial charge in [-0.25, -0.2) is 0 Å². The third kappa shape index (κ3) is 3.03. The number of carbonyl (C=O) groups is 1. The molecule has 19 heavy (non-hydrogen) atoms. The SMILES string of the molecule is Cc1oc(C)c(C(=O)N2CCN(CCBr)CC2)c1C. The molecule has 5 heteroatoms. The monoisotopic (exact) mass is 328 g/mol. The van der Waals surface area contributed by atoms with Crippen molar-refractivity contribution in [1.29, 1.82) is 0 Å². The molecule has 0 atom stereocenters. The van der Waals surface area contributed by atoms with E-state index in [0.29, 0.717) is 0 Å². The summed E-state index contributed by atoms with van der Waals surface area (Å²) in [6, 6.07) is 0. The summed E-state index contributed by atoms with van der Waals surface area (Å²) in [5, 5.41) is 0.986. The van der Waals surface area contributed by atoms with Crippen molar-refractivity contribution in [2.75, 3.05) is 38.1 Å². The molecule has 0 saturated carbocycles. The Morgan fingerprint density at radius 2 is 1.79 bits per heavy atom. The molecule has 106 valence electrons. The Bertz CT molecular complexity index is 462. The minimum atomic E-state index is 0.116. The van der Waals surface area contributed by atoms with Crippen LogP contribution in [0.15, 0.2) is 4.42 Å². The molecule has 0 aromatic carbocycles. The van der Waals surface area contributed by atoms with Crippen LogP contribution in [0, 0.1) is 20.8 Å². The fourth-order valence-corrected chi connectivity index (χ4v) is 3.06. The van der Waals surface area contributed by atoms with Crippen LogP contribution in [0.2, 0.25) is 0 Å². The first-order valence-electron chi connectivity index (χ1n) is 6.68. The van der Waals surface area contributed by atoms with Gasteiger partial charge < -0.3 is 9.32 Å². The minimum Gasteiger partial charge on any atom is -0.466 e. The number of piperazine rings is 1. The van der Waals surface area contributed by atoms with Crippen molar-refractivity contribution in [2.45, 2.75) is 20.8 Å². The van der Waals surface area contributed by atoms with E-state index in [9.17, 15) is 4.79 Å². The van der Waals surface area contributed by atoms with E-state index in [1.54, 1.807) is 0 Å². The molecule has 4 nitrogen and oxygen atoms in total. The van der Waals surface area contributed by atoms with Crippen LogP contribution in [0.3, 0.4) is 0 Å². The van der Waals surface area contributed by atoms with Crippen molar-refractivity contribution < 1.29 is 9.21 Å². The highest BCUT2D eigenvalue weighted by Gasteiger charge is 2.26. The zero-order valence-corrected chi connectivity index (χ0v) is 13.4. The number of halogens is 1. The molecule has 1 aromatic heterocycles. The van der Waals surface area contributed by atoms with Gasteiger partial charge in [0.2, 0.25) is 0 Å².